The molecule has 0 aromatic heterocycles. The average Bonchev–Trinajstić information content (AvgIpc) is 2.31. The van der Waals surface area contributed by atoms with E-state index in [1.54, 1.807) is 20.8 Å². The number of carbonyl (C=O) groups is 3. The summed E-state index contributed by atoms with van der Waals surface area (Å²) in [6, 6.07) is -1.58. The lowest BCUT2D eigenvalue weighted by Gasteiger charge is -2.24. The lowest BCUT2D eigenvalue weighted by atomic mass is 10.1. The number of carbonyl (C=O) groups excluding carboxylic acids is 2. The minimum Gasteiger partial charge on any atom is -0.480 e. The minimum absolute atomic E-state index is 0.205. The molecule has 0 radical (unpaired) electrons. The number of carboxylic acids is 1. The predicted octanol–water partition coefficient (Wildman–Crippen LogP) is 0.300. The minimum atomic E-state index is -1.10. The molecule has 0 unspecified atom stereocenters. The van der Waals surface area contributed by atoms with Crippen molar-refractivity contribution < 1.29 is 24.2 Å². The lowest BCUT2D eigenvalue weighted by molar-refractivity contribution is -0.141. The molecule has 7 heteroatoms. The van der Waals surface area contributed by atoms with Crippen molar-refractivity contribution in [3.8, 4) is 0 Å². The van der Waals surface area contributed by atoms with Crippen LogP contribution in [-0.4, -0.2) is 54.2 Å². The number of methoxy groups -OCH3 is 1. The summed E-state index contributed by atoms with van der Waals surface area (Å²) in [5.41, 5.74) is 0. The van der Waals surface area contributed by atoms with Gasteiger partial charge in [0.25, 0.3) is 0 Å². The molecule has 0 aliphatic carbocycles. The summed E-state index contributed by atoms with van der Waals surface area (Å²) in [5, 5.41) is 11.3. The normalized spacial score (nSPS) is 11.8. The van der Waals surface area contributed by atoms with Crippen LogP contribution in [0.3, 0.4) is 0 Å². The number of amides is 2. The molecule has 18 heavy (non-hydrogen) atoms. The molecule has 0 fully saturated rings. The van der Waals surface area contributed by atoms with Crippen LogP contribution in [0.1, 0.15) is 20.8 Å². The van der Waals surface area contributed by atoms with Crippen molar-refractivity contribution in [2.45, 2.75) is 26.8 Å². The zero-order valence-corrected chi connectivity index (χ0v) is 11.1. The summed E-state index contributed by atoms with van der Waals surface area (Å²) in [6.07, 6.45) is 0. The van der Waals surface area contributed by atoms with Crippen LogP contribution in [0.4, 0.5) is 4.79 Å². The van der Waals surface area contributed by atoms with E-state index < -0.39 is 24.0 Å². The monoisotopic (exact) mass is 260 g/mol. The van der Waals surface area contributed by atoms with Gasteiger partial charge in [0, 0.05) is 6.54 Å². The largest absolute Gasteiger partial charge is 0.480 e. The van der Waals surface area contributed by atoms with Crippen molar-refractivity contribution in [3.63, 3.8) is 0 Å². The van der Waals surface area contributed by atoms with E-state index in [9.17, 15) is 14.4 Å². The Morgan fingerprint density at radius 3 is 2.22 bits per heavy atom. The van der Waals surface area contributed by atoms with E-state index in [1.807, 2.05) is 0 Å². The molecule has 0 spiro atoms. The number of hydrogen-bond donors (Lipinski definition) is 2. The quantitative estimate of drug-likeness (QED) is 0.670. The van der Waals surface area contributed by atoms with E-state index >= 15 is 0 Å². The maximum absolute atomic E-state index is 11.8. The molecule has 104 valence electrons. The highest BCUT2D eigenvalue weighted by atomic mass is 16.5. The van der Waals surface area contributed by atoms with Gasteiger partial charge in [-0.15, -0.1) is 0 Å². The first kappa shape index (κ1) is 16.2. The number of esters is 1. The summed E-state index contributed by atoms with van der Waals surface area (Å²) < 4.78 is 4.46. The molecule has 0 aromatic carbocycles. The number of nitrogens with one attached hydrogen (secondary N) is 1. The first-order chi connectivity index (χ1) is 8.33. The van der Waals surface area contributed by atoms with E-state index in [-0.39, 0.29) is 19.0 Å². The van der Waals surface area contributed by atoms with Crippen LogP contribution in [-0.2, 0) is 14.3 Å². The summed E-state index contributed by atoms with van der Waals surface area (Å²) in [4.78, 5) is 35.0. The Kier molecular flexibility index (Phi) is 6.77. The van der Waals surface area contributed by atoms with Crippen LogP contribution in [0.15, 0.2) is 0 Å². The van der Waals surface area contributed by atoms with Gasteiger partial charge < -0.3 is 20.1 Å². The Bertz CT molecular complexity index is 317. The molecule has 0 aromatic rings. The molecule has 1 atom stereocenters. The van der Waals surface area contributed by atoms with Gasteiger partial charge in [0.1, 0.15) is 12.6 Å². The van der Waals surface area contributed by atoms with Gasteiger partial charge in [0.2, 0.25) is 0 Å². The molecule has 2 amide bonds. The topological polar surface area (TPSA) is 95.9 Å². The van der Waals surface area contributed by atoms with Gasteiger partial charge in [-0.3, -0.25) is 4.79 Å². The van der Waals surface area contributed by atoms with Gasteiger partial charge in [-0.05, 0) is 12.8 Å². The number of urea groups is 1. The molecule has 0 saturated heterocycles. The van der Waals surface area contributed by atoms with Gasteiger partial charge in [-0.1, -0.05) is 13.8 Å². The maximum atomic E-state index is 11.8. The number of aliphatic carboxylic acids is 1. The highest BCUT2D eigenvalue weighted by molar-refractivity contribution is 5.85. The number of carboxylic acid groups (broad SMARTS) is 1. The number of nitrogens with zero attached hydrogens (tertiary/aromatic N) is 1. The van der Waals surface area contributed by atoms with Gasteiger partial charge in [0.05, 0.1) is 7.11 Å². The van der Waals surface area contributed by atoms with E-state index in [4.69, 9.17) is 5.11 Å². The van der Waals surface area contributed by atoms with E-state index in [2.05, 4.69) is 10.1 Å². The number of ether oxygens (including phenoxy) is 1. The van der Waals surface area contributed by atoms with Crippen molar-refractivity contribution in [1.82, 2.24) is 10.2 Å². The fraction of sp³-hybridized carbons (Fsp3) is 0.727. The van der Waals surface area contributed by atoms with Crippen molar-refractivity contribution in [2.24, 2.45) is 5.92 Å². The third-order valence-electron chi connectivity index (χ3n) is 2.43. The lowest BCUT2D eigenvalue weighted by Crippen LogP contribution is -2.51. The molecule has 2 N–H and O–H groups in total. The Balaban J connectivity index is 4.60. The zero-order valence-electron chi connectivity index (χ0n) is 11.1. The first-order valence-electron chi connectivity index (χ1n) is 5.68. The van der Waals surface area contributed by atoms with Crippen LogP contribution >= 0.6 is 0 Å². The van der Waals surface area contributed by atoms with Crippen LogP contribution in [0.2, 0.25) is 0 Å². The highest BCUT2D eigenvalue weighted by Gasteiger charge is 2.26. The van der Waals surface area contributed by atoms with Crippen LogP contribution in [0.25, 0.3) is 0 Å². The van der Waals surface area contributed by atoms with Crippen molar-refractivity contribution in [1.29, 1.82) is 0 Å². The molecule has 0 rings (SSSR count). The molecule has 7 nitrogen and oxygen atoms in total. The van der Waals surface area contributed by atoms with Crippen molar-refractivity contribution in [3.05, 3.63) is 0 Å². The first-order valence-corrected chi connectivity index (χ1v) is 5.68. The third kappa shape index (κ3) is 5.03. The summed E-state index contributed by atoms with van der Waals surface area (Å²) in [7, 11) is 1.22. The summed E-state index contributed by atoms with van der Waals surface area (Å²) in [6.45, 7) is 5.15. The fourth-order valence-corrected chi connectivity index (χ4v) is 1.29. The number of rotatable bonds is 6. The highest BCUT2D eigenvalue weighted by Crippen LogP contribution is 2.03. The van der Waals surface area contributed by atoms with Crippen LogP contribution in [0.5, 0.6) is 0 Å². The Morgan fingerprint density at radius 1 is 1.33 bits per heavy atom. The third-order valence-corrected chi connectivity index (χ3v) is 2.43. The molecule has 0 aliphatic rings. The second kappa shape index (κ2) is 7.52. The maximum Gasteiger partial charge on any atom is 0.326 e. The van der Waals surface area contributed by atoms with Crippen molar-refractivity contribution >= 4 is 18.0 Å². The Hall–Kier alpha value is -1.79. The molecular weight excluding hydrogens is 240 g/mol. The Morgan fingerprint density at radius 2 is 1.89 bits per heavy atom. The summed E-state index contributed by atoms with van der Waals surface area (Å²) in [5.74, 6) is -1.90. The zero-order chi connectivity index (χ0) is 14.3. The van der Waals surface area contributed by atoms with E-state index in [0.29, 0.717) is 0 Å². The fourth-order valence-electron chi connectivity index (χ4n) is 1.29. The predicted molar refractivity (Wildman–Crippen MR) is 64.1 cm³/mol. The molecule has 0 heterocycles. The van der Waals surface area contributed by atoms with Crippen LogP contribution < -0.4 is 5.32 Å². The van der Waals surface area contributed by atoms with E-state index in [0.717, 1.165) is 0 Å². The van der Waals surface area contributed by atoms with Gasteiger partial charge in [0.15, 0.2) is 0 Å². The van der Waals surface area contributed by atoms with Crippen molar-refractivity contribution in [2.75, 3.05) is 20.2 Å². The standard InChI is InChI=1S/C11H20N2O5/c1-5-13(6-8(14)18-4)11(17)12-9(7(2)3)10(15)16/h7,9H,5-6H2,1-4H3,(H,12,17)(H,15,16)/t9-/m0/s1. The smallest absolute Gasteiger partial charge is 0.326 e. The van der Waals surface area contributed by atoms with Gasteiger partial charge in [-0.25, -0.2) is 9.59 Å². The van der Waals surface area contributed by atoms with Gasteiger partial charge in [-0.2, -0.15) is 0 Å². The molecule has 0 bridgehead atoms. The average molecular weight is 260 g/mol. The Labute approximate surface area is 106 Å². The number of hydrogen-bond acceptors (Lipinski definition) is 4. The summed E-state index contributed by atoms with van der Waals surface area (Å²) >= 11 is 0. The molecule has 0 aliphatic heterocycles. The number of likely N-dealkylation sites (N-methyl/N-ethyl adjacent to an activating group) is 1. The van der Waals surface area contributed by atoms with Gasteiger partial charge >= 0.3 is 18.0 Å². The molecular formula is C11H20N2O5. The molecule has 0 saturated carbocycles. The second-order valence-electron chi connectivity index (χ2n) is 4.10. The van der Waals surface area contributed by atoms with Crippen LogP contribution in [0, 0.1) is 5.92 Å². The SMILES string of the molecule is CCN(CC(=O)OC)C(=O)N[C@H](C(=O)O)C(C)C. The van der Waals surface area contributed by atoms with E-state index in [1.165, 1.54) is 12.0 Å². The second-order valence-corrected chi connectivity index (χ2v) is 4.10.